The van der Waals surface area contributed by atoms with Crippen molar-refractivity contribution < 1.29 is 13.2 Å². The zero-order chi connectivity index (χ0) is 18.8. The summed E-state index contributed by atoms with van der Waals surface area (Å²) >= 11 is 17.9. The highest BCUT2D eigenvalue weighted by Gasteiger charge is 2.20. The molecule has 2 rings (SSSR count). The molecule has 0 saturated heterocycles. The second-order valence-electron chi connectivity index (χ2n) is 5.35. The predicted octanol–water partition coefficient (Wildman–Crippen LogP) is 3.83. The maximum Gasteiger partial charge on any atom is 0.253 e. The number of carbonyl (C=O) groups excluding carboxylic acids is 1. The van der Waals surface area contributed by atoms with Crippen molar-refractivity contribution in [1.29, 1.82) is 0 Å². The normalized spacial score (nSPS) is 11.6. The summed E-state index contributed by atoms with van der Waals surface area (Å²) in [5, 5.41) is 3.73. The van der Waals surface area contributed by atoms with Crippen molar-refractivity contribution in [2.45, 2.75) is 11.4 Å². The molecule has 0 radical (unpaired) electrons. The molecule has 0 heterocycles. The topological polar surface area (TPSA) is 66.5 Å². The molecule has 0 unspecified atom stereocenters. The van der Waals surface area contributed by atoms with Gasteiger partial charge in [-0.25, -0.2) is 12.7 Å². The quantitative estimate of drug-likeness (QED) is 0.798. The maximum atomic E-state index is 12.4. The number of carbonyl (C=O) groups is 1. The molecule has 9 heteroatoms. The van der Waals surface area contributed by atoms with E-state index >= 15 is 0 Å². The molecule has 0 fully saturated rings. The Labute approximate surface area is 161 Å². The van der Waals surface area contributed by atoms with Crippen LogP contribution in [0.4, 0.5) is 0 Å². The maximum absolute atomic E-state index is 12.4. The smallest absolute Gasteiger partial charge is 0.253 e. The van der Waals surface area contributed by atoms with Crippen LogP contribution in [0.5, 0.6) is 0 Å². The number of rotatable bonds is 5. The van der Waals surface area contributed by atoms with Crippen molar-refractivity contribution in [2.75, 3.05) is 14.1 Å². The van der Waals surface area contributed by atoms with E-state index in [1.807, 2.05) is 0 Å². The van der Waals surface area contributed by atoms with E-state index in [2.05, 4.69) is 5.32 Å². The standard InChI is InChI=1S/C16H15Cl3N2O3S/c1-21(2)25(23,24)12-5-6-14(18)13(8-12)16(22)20-9-10-3-4-11(17)7-15(10)19/h3-8H,9H2,1-2H3,(H,20,22). The summed E-state index contributed by atoms with van der Waals surface area (Å²) in [6, 6.07) is 8.90. The van der Waals surface area contributed by atoms with Crippen LogP contribution in [0, 0.1) is 0 Å². The van der Waals surface area contributed by atoms with Gasteiger partial charge < -0.3 is 5.32 Å². The highest BCUT2D eigenvalue weighted by molar-refractivity contribution is 7.89. The zero-order valence-corrected chi connectivity index (χ0v) is 16.5. The first-order chi connectivity index (χ1) is 11.6. The lowest BCUT2D eigenvalue weighted by Gasteiger charge is -2.13. The van der Waals surface area contributed by atoms with Gasteiger partial charge in [0.25, 0.3) is 5.91 Å². The third-order valence-electron chi connectivity index (χ3n) is 3.42. The highest BCUT2D eigenvalue weighted by atomic mass is 35.5. The van der Waals surface area contributed by atoms with E-state index in [0.29, 0.717) is 15.6 Å². The Balaban J connectivity index is 2.24. The fourth-order valence-corrected chi connectivity index (χ4v) is 3.59. The molecule has 2 aromatic rings. The zero-order valence-electron chi connectivity index (χ0n) is 13.4. The molecule has 0 saturated carbocycles. The number of sulfonamides is 1. The van der Waals surface area contributed by atoms with Crippen molar-refractivity contribution >= 4 is 50.7 Å². The molecule has 0 aromatic heterocycles. The van der Waals surface area contributed by atoms with Gasteiger partial charge in [-0.15, -0.1) is 0 Å². The van der Waals surface area contributed by atoms with Crippen molar-refractivity contribution in [2.24, 2.45) is 0 Å². The fourth-order valence-electron chi connectivity index (χ4n) is 1.99. The van der Waals surface area contributed by atoms with Crippen molar-refractivity contribution in [1.82, 2.24) is 9.62 Å². The average Bonchev–Trinajstić information content (AvgIpc) is 2.53. The van der Waals surface area contributed by atoms with Crippen LogP contribution < -0.4 is 5.32 Å². The summed E-state index contributed by atoms with van der Waals surface area (Å²) in [6.07, 6.45) is 0. The number of halogens is 3. The second kappa shape index (κ2) is 7.93. The molecular formula is C16H15Cl3N2O3S. The van der Waals surface area contributed by atoms with Crippen LogP contribution in [0.25, 0.3) is 0 Å². The van der Waals surface area contributed by atoms with Crippen LogP contribution in [0.2, 0.25) is 15.1 Å². The highest BCUT2D eigenvalue weighted by Crippen LogP contribution is 2.23. The van der Waals surface area contributed by atoms with E-state index in [1.54, 1.807) is 18.2 Å². The van der Waals surface area contributed by atoms with Gasteiger partial charge in [-0.3, -0.25) is 4.79 Å². The average molecular weight is 422 g/mol. The Kier molecular flexibility index (Phi) is 6.35. The summed E-state index contributed by atoms with van der Waals surface area (Å²) in [6.45, 7) is 0.149. The van der Waals surface area contributed by atoms with Crippen LogP contribution in [0.15, 0.2) is 41.3 Å². The molecule has 0 atom stereocenters. The van der Waals surface area contributed by atoms with Crippen molar-refractivity contribution in [3.05, 3.63) is 62.6 Å². The molecular weight excluding hydrogens is 407 g/mol. The summed E-state index contributed by atoms with van der Waals surface area (Å²) in [5.41, 5.74) is 0.738. The van der Waals surface area contributed by atoms with Crippen molar-refractivity contribution in [3.63, 3.8) is 0 Å². The van der Waals surface area contributed by atoms with Gasteiger partial charge >= 0.3 is 0 Å². The van der Waals surface area contributed by atoms with E-state index in [-0.39, 0.29) is 22.0 Å². The molecule has 1 N–H and O–H groups in total. The Morgan fingerprint density at radius 1 is 1.04 bits per heavy atom. The first kappa shape index (κ1) is 20.0. The number of benzene rings is 2. The monoisotopic (exact) mass is 420 g/mol. The second-order valence-corrected chi connectivity index (χ2v) is 8.75. The summed E-state index contributed by atoms with van der Waals surface area (Å²) in [5.74, 6) is -0.508. The molecule has 0 aliphatic carbocycles. The number of nitrogens with one attached hydrogen (secondary N) is 1. The van der Waals surface area contributed by atoms with Crippen LogP contribution in [-0.4, -0.2) is 32.7 Å². The number of amides is 1. The first-order valence-corrected chi connectivity index (χ1v) is 9.64. The summed E-state index contributed by atoms with van der Waals surface area (Å²) in [4.78, 5) is 12.4. The van der Waals surface area contributed by atoms with Gasteiger partial charge in [0.05, 0.1) is 15.5 Å². The van der Waals surface area contributed by atoms with E-state index in [1.165, 1.54) is 32.3 Å². The first-order valence-electron chi connectivity index (χ1n) is 7.07. The van der Waals surface area contributed by atoms with E-state index in [4.69, 9.17) is 34.8 Å². The SMILES string of the molecule is CN(C)S(=O)(=O)c1ccc(Cl)c(C(=O)NCc2ccc(Cl)cc2Cl)c1. The number of nitrogens with zero attached hydrogens (tertiary/aromatic N) is 1. The number of hydrogen-bond donors (Lipinski definition) is 1. The molecule has 134 valence electrons. The Hall–Kier alpha value is -1.31. The minimum absolute atomic E-state index is 0.0171. The third-order valence-corrected chi connectivity index (χ3v) is 6.14. The largest absolute Gasteiger partial charge is 0.348 e. The lowest BCUT2D eigenvalue weighted by Crippen LogP contribution is -2.25. The molecule has 2 aromatic carbocycles. The lowest BCUT2D eigenvalue weighted by atomic mass is 10.2. The van der Waals surface area contributed by atoms with E-state index in [0.717, 1.165) is 4.31 Å². The van der Waals surface area contributed by atoms with Gasteiger partial charge in [0.15, 0.2) is 0 Å². The van der Waals surface area contributed by atoms with E-state index in [9.17, 15) is 13.2 Å². The number of hydrogen-bond acceptors (Lipinski definition) is 3. The molecule has 0 aliphatic rings. The third kappa shape index (κ3) is 4.65. The van der Waals surface area contributed by atoms with Gasteiger partial charge in [0, 0.05) is 30.7 Å². The Bertz CT molecular complexity index is 915. The van der Waals surface area contributed by atoms with Gasteiger partial charge in [0.1, 0.15) is 0 Å². The molecule has 1 amide bonds. The molecule has 0 aliphatic heterocycles. The molecule has 25 heavy (non-hydrogen) atoms. The van der Waals surface area contributed by atoms with Crippen LogP contribution >= 0.6 is 34.8 Å². The molecule has 0 spiro atoms. The fraction of sp³-hybridized carbons (Fsp3) is 0.188. The van der Waals surface area contributed by atoms with Gasteiger partial charge in [-0.2, -0.15) is 0 Å². The van der Waals surface area contributed by atoms with E-state index < -0.39 is 15.9 Å². The molecule has 5 nitrogen and oxygen atoms in total. The predicted molar refractivity (Wildman–Crippen MR) is 100.0 cm³/mol. The molecule has 0 bridgehead atoms. The van der Waals surface area contributed by atoms with Crippen LogP contribution in [0.3, 0.4) is 0 Å². The van der Waals surface area contributed by atoms with Crippen LogP contribution in [0.1, 0.15) is 15.9 Å². The summed E-state index contributed by atoms with van der Waals surface area (Å²) in [7, 11) is -0.851. The van der Waals surface area contributed by atoms with Gasteiger partial charge in [-0.1, -0.05) is 40.9 Å². The van der Waals surface area contributed by atoms with Crippen LogP contribution in [-0.2, 0) is 16.6 Å². The lowest BCUT2D eigenvalue weighted by molar-refractivity contribution is 0.0951. The Morgan fingerprint density at radius 2 is 1.72 bits per heavy atom. The van der Waals surface area contributed by atoms with Crippen molar-refractivity contribution in [3.8, 4) is 0 Å². The minimum Gasteiger partial charge on any atom is -0.348 e. The van der Waals surface area contributed by atoms with Gasteiger partial charge in [0.2, 0.25) is 10.0 Å². The van der Waals surface area contributed by atoms with Gasteiger partial charge in [-0.05, 0) is 35.9 Å². The minimum atomic E-state index is -3.67. The Morgan fingerprint density at radius 3 is 2.32 bits per heavy atom. The summed E-state index contributed by atoms with van der Waals surface area (Å²) < 4.78 is 25.5.